The molecule has 4 rings (SSSR count). The Morgan fingerprint density at radius 3 is 2.38 bits per heavy atom. The van der Waals surface area contributed by atoms with Gasteiger partial charge in [0.2, 0.25) is 0 Å². The molecule has 0 aliphatic carbocycles. The summed E-state index contributed by atoms with van der Waals surface area (Å²) in [7, 11) is 0. The standard InChI is InChI=1S/C29H28N2O/c1-3-18-31(22-28-13-8-19-30(28)21-24-10-7-9-23(2)20-24)29(32)27-16-14-26(15-17-27)25-11-5-4-6-12-25/h3-17,19-20H,1,18,21-22H2,2H3. The number of benzene rings is 3. The van der Waals surface area contributed by atoms with E-state index in [1.54, 1.807) is 6.08 Å². The zero-order chi connectivity index (χ0) is 22.3. The van der Waals surface area contributed by atoms with Crippen LogP contribution in [-0.2, 0) is 13.1 Å². The van der Waals surface area contributed by atoms with Crippen molar-refractivity contribution in [2.45, 2.75) is 20.0 Å². The number of aryl methyl sites for hydroxylation is 1. The molecule has 4 aromatic rings. The number of nitrogens with zero attached hydrogens (tertiary/aromatic N) is 2. The Balaban J connectivity index is 1.51. The van der Waals surface area contributed by atoms with Crippen LogP contribution >= 0.6 is 0 Å². The zero-order valence-electron chi connectivity index (χ0n) is 18.4. The Kier molecular flexibility index (Phi) is 6.66. The van der Waals surface area contributed by atoms with Crippen molar-refractivity contribution in [2.24, 2.45) is 0 Å². The van der Waals surface area contributed by atoms with E-state index in [0.29, 0.717) is 18.7 Å². The molecule has 160 valence electrons. The van der Waals surface area contributed by atoms with E-state index in [1.807, 2.05) is 53.4 Å². The van der Waals surface area contributed by atoms with Gasteiger partial charge in [0.1, 0.15) is 0 Å². The summed E-state index contributed by atoms with van der Waals surface area (Å²) in [5.74, 6) is 0.00724. The zero-order valence-corrected chi connectivity index (χ0v) is 18.4. The van der Waals surface area contributed by atoms with E-state index in [0.717, 1.165) is 23.4 Å². The summed E-state index contributed by atoms with van der Waals surface area (Å²) in [5, 5.41) is 0. The van der Waals surface area contributed by atoms with E-state index in [2.05, 4.69) is 66.7 Å². The Hall–Kier alpha value is -3.85. The Labute approximate surface area is 190 Å². The summed E-state index contributed by atoms with van der Waals surface area (Å²) in [6, 6.07) is 30.7. The van der Waals surface area contributed by atoms with Gasteiger partial charge in [-0.3, -0.25) is 4.79 Å². The maximum Gasteiger partial charge on any atom is 0.254 e. The SMILES string of the molecule is C=CCN(Cc1cccn1Cc1cccc(C)c1)C(=O)c1ccc(-c2ccccc2)cc1. The monoisotopic (exact) mass is 420 g/mol. The van der Waals surface area contributed by atoms with Crippen LogP contribution in [0.3, 0.4) is 0 Å². The van der Waals surface area contributed by atoms with Gasteiger partial charge in [-0.05, 0) is 47.9 Å². The van der Waals surface area contributed by atoms with Gasteiger partial charge in [-0.25, -0.2) is 0 Å². The van der Waals surface area contributed by atoms with Gasteiger partial charge in [0.05, 0.1) is 6.54 Å². The Morgan fingerprint density at radius 1 is 0.906 bits per heavy atom. The molecule has 0 saturated carbocycles. The lowest BCUT2D eigenvalue weighted by molar-refractivity contribution is 0.0759. The van der Waals surface area contributed by atoms with Crippen molar-refractivity contribution in [3.63, 3.8) is 0 Å². The predicted molar refractivity (Wildman–Crippen MR) is 132 cm³/mol. The van der Waals surface area contributed by atoms with Gasteiger partial charge in [-0.1, -0.05) is 78.4 Å². The molecule has 3 heteroatoms. The maximum atomic E-state index is 13.3. The van der Waals surface area contributed by atoms with Crippen molar-refractivity contribution in [3.8, 4) is 11.1 Å². The molecule has 3 aromatic carbocycles. The van der Waals surface area contributed by atoms with Gasteiger partial charge in [-0.2, -0.15) is 0 Å². The average molecular weight is 421 g/mol. The van der Waals surface area contributed by atoms with Crippen LogP contribution in [0.4, 0.5) is 0 Å². The van der Waals surface area contributed by atoms with Gasteiger partial charge in [-0.15, -0.1) is 6.58 Å². The minimum Gasteiger partial charge on any atom is -0.345 e. The van der Waals surface area contributed by atoms with E-state index < -0.39 is 0 Å². The average Bonchev–Trinajstić information content (AvgIpc) is 3.25. The molecule has 0 N–H and O–H groups in total. The summed E-state index contributed by atoms with van der Waals surface area (Å²) in [4.78, 5) is 15.1. The second-order valence-electron chi connectivity index (χ2n) is 8.03. The van der Waals surface area contributed by atoms with Crippen molar-refractivity contribution >= 4 is 5.91 Å². The summed E-state index contributed by atoms with van der Waals surface area (Å²) in [5.41, 5.74) is 6.53. The number of carbonyl (C=O) groups is 1. The molecule has 0 bridgehead atoms. The molecule has 3 nitrogen and oxygen atoms in total. The fourth-order valence-corrected chi connectivity index (χ4v) is 3.94. The smallest absolute Gasteiger partial charge is 0.254 e. The van der Waals surface area contributed by atoms with Crippen molar-refractivity contribution in [1.29, 1.82) is 0 Å². The molecule has 0 saturated heterocycles. The number of hydrogen-bond donors (Lipinski definition) is 0. The highest BCUT2D eigenvalue weighted by molar-refractivity contribution is 5.94. The largest absolute Gasteiger partial charge is 0.345 e. The molecule has 1 amide bonds. The fourth-order valence-electron chi connectivity index (χ4n) is 3.94. The van der Waals surface area contributed by atoms with Crippen LogP contribution in [-0.4, -0.2) is 21.9 Å². The van der Waals surface area contributed by atoms with E-state index in [1.165, 1.54) is 11.1 Å². The third-order valence-electron chi connectivity index (χ3n) is 5.59. The molecule has 1 heterocycles. The van der Waals surface area contributed by atoms with Crippen LogP contribution in [0.2, 0.25) is 0 Å². The third kappa shape index (κ3) is 5.06. The molecule has 0 aliphatic rings. The lowest BCUT2D eigenvalue weighted by Gasteiger charge is -2.22. The maximum absolute atomic E-state index is 13.3. The van der Waals surface area contributed by atoms with Gasteiger partial charge in [0, 0.05) is 30.5 Å². The van der Waals surface area contributed by atoms with Crippen molar-refractivity contribution in [2.75, 3.05) is 6.54 Å². The van der Waals surface area contributed by atoms with E-state index in [-0.39, 0.29) is 5.91 Å². The summed E-state index contributed by atoms with van der Waals surface area (Å²) in [6.45, 7) is 7.77. The molecular formula is C29H28N2O. The predicted octanol–water partition coefficient (Wildman–Crippen LogP) is 6.34. The second kappa shape index (κ2) is 9.97. The van der Waals surface area contributed by atoms with Crippen LogP contribution in [0.5, 0.6) is 0 Å². The van der Waals surface area contributed by atoms with Crippen molar-refractivity contribution in [3.05, 3.63) is 132 Å². The van der Waals surface area contributed by atoms with Crippen LogP contribution in [0, 0.1) is 6.92 Å². The van der Waals surface area contributed by atoms with Crippen LogP contribution < -0.4 is 0 Å². The summed E-state index contributed by atoms with van der Waals surface area (Å²) in [6.07, 6.45) is 3.85. The van der Waals surface area contributed by atoms with Crippen molar-refractivity contribution in [1.82, 2.24) is 9.47 Å². The molecule has 0 radical (unpaired) electrons. The first-order valence-corrected chi connectivity index (χ1v) is 10.9. The molecule has 32 heavy (non-hydrogen) atoms. The summed E-state index contributed by atoms with van der Waals surface area (Å²) >= 11 is 0. The molecule has 0 atom stereocenters. The van der Waals surface area contributed by atoms with Gasteiger partial charge in [0.15, 0.2) is 0 Å². The normalized spacial score (nSPS) is 10.7. The van der Waals surface area contributed by atoms with Crippen LogP contribution in [0.1, 0.15) is 27.2 Å². The quantitative estimate of drug-likeness (QED) is 0.305. The number of carbonyl (C=O) groups excluding carboxylic acids is 1. The lowest BCUT2D eigenvalue weighted by atomic mass is 10.0. The minimum atomic E-state index is 0.00724. The summed E-state index contributed by atoms with van der Waals surface area (Å²) < 4.78 is 2.21. The fraction of sp³-hybridized carbons (Fsp3) is 0.138. The first-order valence-electron chi connectivity index (χ1n) is 10.9. The highest BCUT2D eigenvalue weighted by Crippen LogP contribution is 2.20. The Bertz CT molecular complexity index is 1190. The highest BCUT2D eigenvalue weighted by atomic mass is 16.2. The van der Waals surface area contributed by atoms with E-state index in [4.69, 9.17) is 0 Å². The molecular weight excluding hydrogens is 392 g/mol. The minimum absolute atomic E-state index is 0.00724. The Morgan fingerprint density at radius 2 is 1.66 bits per heavy atom. The first kappa shape index (κ1) is 21.4. The van der Waals surface area contributed by atoms with Gasteiger partial charge < -0.3 is 9.47 Å². The molecule has 0 unspecified atom stereocenters. The number of hydrogen-bond acceptors (Lipinski definition) is 1. The van der Waals surface area contributed by atoms with Crippen LogP contribution in [0.25, 0.3) is 11.1 Å². The molecule has 0 fully saturated rings. The highest BCUT2D eigenvalue weighted by Gasteiger charge is 2.17. The molecule has 0 spiro atoms. The van der Waals surface area contributed by atoms with Crippen LogP contribution in [0.15, 0.2) is 110 Å². The number of rotatable bonds is 8. The molecule has 0 aliphatic heterocycles. The van der Waals surface area contributed by atoms with Gasteiger partial charge in [0.25, 0.3) is 5.91 Å². The van der Waals surface area contributed by atoms with E-state index >= 15 is 0 Å². The van der Waals surface area contributed by atoms with Gasteiger partial charge >= 0.3 is 0 Å². The van der Waals surface area contributed by atoms with E-state index in [9.17, 15) is 4.79 Å². The van der Waals surface area contributed by atoms with Crippen molar-refractivity contribution < 1.29 is 4.79 Å². The third-order valence-corrected chi connectivity index (χ3v) is 5.59. The first-order chi connectivity index (χ1) is 15.6. The topological polar surface area (TPSA) is 25.2 Å². The number of amides is 1. The second-order valence-corrected chi connectivity index (χ2v) is 8.03. The molecule has 1 aromatic heterocycles. The number of aromatic nitrogens is 1. The lowest BCUT2D eigenvalue weighted by Crippen LogP contribution is -2.31.